The molecule has 0 heterocycles. The quantitative estimate of drug-likeness (QED) is 0.599. The summed E-state index contributed by atoms with van der Waals surface area (Å²) < 4.78 is 4.75. The lowest BCUT2D eigenvalue weighted by Gasteiger charge is -2.24. The number of carboxylic acids is 1. The van der Waals surface area contributed by atoms with Crippen LogP contribution in [0.4, 0.5) is 11.4 Å². The van der Waals surface area contributed by atoms with Gasteiger partial charge in [0.25, 0.3) is 11.6 Å². The Morgan fingerprint density at radius 1 is 1.48 bits per heavy atom. The van der Waals surface area contributed by atoms with Crippen LogP contribution in [-0.4, -0.2) is 42.2 Å². The third-order valence-electron chi connectivity index (χ3n) is 2.80. The van der Waals surface area contributed by atoms with E-state index in [-0.39, 0.29) is 24.5 Å². The number of nitro benzene ring substituents is 1. The van der Waals surface area contributed by atoms with E-state index in [1.165, 1.54) is 43.2 Å². The first-order valence-corrected chi connectivity index (χ1v) is 6.13. The van der Waals surface area contributed by atoms with E-state index >= 15 is 0 Å². The maximum absolute atomic E-state index is 12.0. The Labute approximate surface area is 121 Å². The average molecular weight is 296 g/mol. The first kappa shape index (κ1) is 16.6. The number of carbonyl (C=O) groups excluding carboxylic acids is 1. The van der Waals surface area contributed by atoms with E-state index in [1.54, 1.807) is 0 Å². The molecule has 0 bridgehead atoms. The van der Waals surface area contributed by atoms with Gasteiger partial charge >= 0.3 is 5.97 Å². The molecule has 0 radical (unpaired) electrons. The minimum Gasteiger partial charge on any atom is -0.481 e. The van der Waals surface area contributed by atoms with Crippen LogP contribution in [0.3, 0.4) is 0 Å². The minimum atomic E-state index is -1.06. The number of hydrogen-bond donors (Lipinski definition) is 1. The van der Waals surface area contributed by atoms with Gasteiger partial charge in [0.2, 0.25) is 0 Å². The van der Waals surface area contributed by atoms with Crippen LogP contribution in [0.2, 0.25) is 0 Å². The molecule has 1 atom stereocenters. The molecule has 1 unspecified atom stereocenters. The van der Waals surface area contributed by atoms with Crippen molar-refractivity contribution in [3.05, 3.63) is 34.4 Å². The maximum atomic E-state index is 12.0. The molecule has 1 N–H and O–H groups in total. The summed E-state index contributed by atoms with van der Waals surface area (Å²) in [5.74, 6) is -2.34. The van der Waals surface area contributed by atoms with Crippen molar-refractivity contribution in [2.24, 2.45) is 5.92 Å². The Morgan fingerprint density at radius 2 is 2.14 bits per heavy atom. The van der Waals surface area contributed by atoms with Crippen molar-refractivity contribution in [1.82, 2.24) is 0 Å². The summed E-state index contributed by atoms with van der Waals surface area (Å²) in [6, 6.07) is 5.46. The summed E-state index contributed by atoms with van der Waals surface area (Å²) in [7, 11) is 1.34. The van der Waals surface area contributed by atoms with E-state index in [2.05, 4.69) is 0 Å². The Bertz CT molecular complexity index is 545. The van der Waals surface area contributed by atoms with E-state index < -0.39 is 22.7 Å². The number of carboxylic acid groups (broad SMARTS) is 1. The van der Waals surface area contributed by atoms with E-state index in [9.17, 15) is 19.7 Å². The van der Waals surface area contributed by atoms with E-state index in [1.807, 2.05) is 0 Å². The molecule has 0 aromatic heterocycles. The van der Waals surface area contributed by atoms with Crippen molar-refractivity contribution < 1.29 is 24.4 Å². The molecule has 0 saturated heterocycles. The number of anilines is 1. The van der Waals surface area contributed by atoms with Gasteiger partial charge in [-0.25, -0.2) is 0 Å². The molecule has 1 aromatic rings. The Balaban J connectivity index is 3.10. The summed E-state index contributed by atoms with van der Waals surface area (Å²) >= 11 is 0. The molecule has 0 saturated carbocycles. The van der Waals surface area contributed by atoms with Gasteiger partial charge in [0, 0.05) is 25.8 Å². The second kappa shape index (κ2) is 7.34. The highest BCUT2D eigenvalue weighted by Crippen LogP contribution is 2.22. The van der Waals surface area contributed by atoms with Crippen LogP contribution in [0.25, 0.3) is 0 Å². The highest BCUT2D eigenvalue weighted by molar-refractivity contribution is 5.95. The third kappa shape index (κ3) is 4.53. The standard InChI is InChI=1S/C13H16N2O6/c1-9(13(17)18)7-14(12(16)8-21-2)10-4-3-5-11(6-10)15(19)20/h3-6,9H,7-8H2,1-2H3,(H,17,18). The number of methoxy groups -OCH3 is 1. The lowest BCUT2D eigenvalue weighted by Crippen LogP contribution is -2.39. The number of nitrogens with zero attached hydrogens (tertiary/aromatic N) is 2. The van der Waals surface area contributed by atoms with Crippen molar-refractivity contribution in [2.45, 2.75) is 6.92 Å². The molecule has 8 heteroatoms. The summed E-state index contributed by atoms with van der Waals surface area (Å²) in [5.41, 5.74) is 0.0880. The van der Waals surface area contributed by atoms with Gasteiger partial charge in [-0.3, -0.25) is 19.7 Å². The second-order valence-corrected chi connectivity index (χ2v) is 4.45. The Hall–Kier alpha value is -2.48. The molecule has 114 valence electrons. The number of nitro groups is 1. The third-order valence-corrected chi connectivity index (χ3v) is 2.80. The fourth-order valence-corrected chi connectivity index (χ4v) is 1.68. The molecule has 21 heavy (non-hydrogen) atoms. The Morgan fingerprint density at radius 3 is 2.67 bits per heavy atom. The molecule has 0 spiro atoms. The van der Waals surface area contributed by atoms with E-state index in [0.29, 0.717) is 0 Å². The number of ether oxygens (including phenoxy) is 1. The molecule has 1 amide bonds. The molecule has 0 aliphatic carbocycles. The molecule has 1 rings (SSSR count). The van der Waals surface area contributed by atoms with E-state index in [0.717, 1.165) is 0 Å². The predicted octanol–water partition coefficient (Wildman–Crippen LogP) is 1.29. The first-order chi connectivity index (χ1) is 9.86. The van der Waals surface area contributed by atoms with Crippen LogP contribution in [0, 0.1) is 16.0 Å². The summed E-state index contributed by atoms with van der Waals surface area (Å²) in [4.78, 5) is 34.3. The topological polar surface area (TPSA) is 110 Å². The number of non-ortho nitro benzene ring substituents is 1. The van der Waals surface area contributed by atoms with Gasteiger partial charge in [-0.15, -0.1) is 0 Å². The number of hydrogen-bond acceptors (Lipinski definition) is 5. The molecule has 8 nitrogen and oxygen atoms in total. The average Bonchev–Trinajstić information content (AvgIpc) is 2.44. The van der Waals surface area contributed by atoms with Crippen LogP contribution < -0.4 is 4.90 Å². The van der Waals surface area contributed by atoms with Gasteiger partial charge in [0.15, 0.2) is 0 Å². The largest absolute Gasteiger partial charge is 0.481 e. The second-order valence-electron chi connectivity index (χ2n) is 4.45. The van der Waals surface area contributed by atoms with Gasteiger partial charge in [-0.2, -0.15) is 0 Å². The predicted molar refractivity (Wildman–Crippen MR) is 74.1 cm³/mol. The number of amides is 1. The smallest absolute Gasteiger partial charge is 0.308 e. The zero-order chi connectivity index (χ0) is 16.0. The van der Waals surface area contributed by atoms with Crippen LogP contribution in [0.15, 0.2) is 24.3 Å². The molecular weight excluding hydrogens is 280 g/mol. The van der Waals surface area contributed by atoms with Crippen molar-refractivity contribution >= 4 is 23.3 Å². The number of rotatable bonds is 7. The van der Waals surface area contributed by atoms with Crippen molar-refractivity contribution in [2.75, 3.05) is 25.2 Å². The van der Waals surface area contributed by atoms with Crippen molar-refractivity contribution in [3.8, 4) is 0 Å². The molecule has 1 aromatic carbocycles. The zero-order valence-corrected chi connectivity index (χ0v) is 11.7. The molecule has 0 fully saturated rings. The summed E-state index contributed by atoms with van der Waals surface area (Å²) in [6.07, 6.45) is 0. The normalized spacial score (nSPS) is 11.7. The summed E-state index contributed by atoms with van der Waals surface area (Å²) in [6.45, 7) is 1.11. The minimum absolute atomic E-state index is 0.0985. The van der Waals surface area contributed by atoms with Crippen LogP contribution in [0.5, 0.6) is 0 Å². The fraction of sp³-hybridized carbons (Fsp3) is 0.385. The van der Waals surface area contributed by atoms with Crippen molar-refractivity contribution in [1.29, 1.82) is 0 Å². The molecule has 0 aliphatic heterocycles. The summed E-state index contributed by atoms with van der Waals surface area (Å²) in [5, 5.41) is 19.7. The van der Waals surface area contributed by atoms with Gasteiger partial charge in [-0.1, -0.05) is 13.0 Å². The lowest BCUT2D eigenvalue weighted by atomic mass is 10.1. The molecular formula is C13H16N2O6. The van der Waals surface area contributed by atoms with E-state index in [4.69, 9.17) is 9.84 Å². The van der Waals surface area contributed by atoms with Gasteiger partial charge < -0.3 is 14.7 Å². The Kier molecular flexibility index (Phi) is 5.79. The number of aliphatic carboxylic acids is 1. The molecule has 0 aliphatic rings. The fourth-order valence-electron chi connectivity index (χ4n) is 1.68. The van der Waals surface area contributed by atoms with Crippen molar-refractivity contribution in [3.63, 3.8) is 0 Å². The number of carbonyl (C=O) groups is 2. The van der Waals surface area contributed by atoms with Crippen LogP contribution in [-0.2, 0) is 14.3 Å². The van der Waals surface area contributed by atoms with Crippen LogP contribution in [0.1, 0.15) is 6.92 Å². The maximum Gasteiger partial charge on any atom is 0.308 e. The highest BCUT2D eigenvalue weighted by Gasteiger charge is 2.23. The first-order valence-electron chi connectivity index (χ1n) is 6.13. The highest BCUT2D eigenvalue weighted by atomic mass is 16.6. The van der Waals surface area contributed by atoms with Crippen LogP contribution >= 0.6 is 0 Å². The lowest BCUT2D eigenvalue weighted by molar-refractivity contribution is -0.384. The number of benzene rings is 1. The zero-order valence-electron chi connectivity index (χ0n) is 11.7. The monoisotopic (exact) mass is 296 g/mol. The van der Waals surface area contributed by atoms with Gasteiger partial charge in [0.1, 0.15) is 6.61 Å². The van der Waals surface area contributed by atoms with Gasteiger partial charge in [-0.05, 0) is 6.07 Å². The van der Waals surface area contributed by atoms with Gasteiger partial charge in [0.05, 0.1) is 16.5 Å². The SMILES string of the molecule is COCC(=O)N(CC(C)C(=O)O)c1cccc([N+](=O)[O-])c1.